The number of esters is 2. The minimum atomic E-state index is -1.56. The maximum atomic E-state index is 12.1. The van der Waals surface area contributed by atoms with Crippen LogP contribution in [0.2, 0.25) is 0 Å². The molecule has 0 spiro atoms. The maximum absolute atomic E-state index is 12.1. The summed E-state index contributed by atoms with van der Waals surface area (Å²) in [5.41, 5.74) is -1.56. The molecule has 0 bridgehead atoms. The molecule has 1 rings (SSSR count). The quantitative estimate of drug-likeness (QED) is 0.430. The monoisotopic (exact) mass is 296 g/mol. The van der Waals surface area contributed by atoms with Crippen LogP contribution in [0, 0.1) is 11.3 Å². The Bertz CT molecular complexity index is 323. The molecule has 0 N–H and O–H groups in total. The molecule has 0 radical (unpaired) electrons. The smallest absolute Gasteiger partial charge is 0.327 e. The highest BCUT2D eigenvalue weighted by Crippen LogP contribution is 2.71. The third-order valence-electron chi connectivity index (χ3n) is 3.17. The predicted molar refractivity (Wildman–Crippen MR) is 68.5 cm³/mol. The van der Waals surface area contributed by atoms with Crippen molar-refractivity contribution in [3.8, 4) is 0 Å². The predicted octanol–water partition coefficient (Wildman–Crippen LogP) is 2.70. The number of hydrogen-bond acceptors (Lipinski definition) is 4. The second-order valence-electron chi connectivity index (χ2n) is 4.21. The number of ether oxygens (including phenoxy) is 2. The Morgan fingerprint density at radius 2 is 1.50 bits per heavy atom. The molecule has 0 aromatic rings. The van der Waals surface area contributed by atoms with Gasteiger partial charge < -0.3 is 9.47 Å². The van der Waals surface area contributed by atoms with Gasteiger partial charge in [0, 0.05) is 5.92 Å². The van der Waals surface area contributed by atoms with Gasteiger partial charge in [-0.3, -0.25) is 9.59 Å². The number of hydrogen-bond donors (Lipinski definition) is 0. The molecule has 1 saturated carbocycles. The average Bonchev–Trinajstić information content (AvgIpc) is 2.78. The number of carbonyl (C=O) groups excluding carboxylic acids is 2. The van der Waals surface area contributed by atoms with E-state index in [2.05, 4.69) is 0 Å². The largest absolute Gasteiger partial charge is 0.465 e. The number of halogens is 2. The van der Waals surface area contributed by atoms with Gasteiger partial charge in [0.05, 0.1) is 13.2 Å². The molecule has 0 aromatic heterocycles. The molecule has 0 heterocycles. The van der Waals surface area contributed by atoms with Gasteiger partial charge in [0.1, 0.15) is 4.33 Å². The van der Waals surface area contributed by atoms with Crippen molar-refractivity contribution >= 4 is 35.1 Å². The molecule has 1 unspecified atom stereocenters. The van der Waals surface area contributed by atoms with Crippen LogP contribution in [0.5, 0.6) is 0 Å². The molecule has 0 amide bonds. The molecule has 1 aliphatic carbocycles. The third kappa shape index (κ3) is 2.10. The van der Waals surface area contributed by atoms with Gasteiger partial charge >= 0.3 is 11.9 Å². The molecule has 0 saturated heterocycles. The lowest BCUT2D eigenvalue weighted by Gasteiger charge is -2.15. The zero-order valence-corrected chi connectivity index (χ0v) is 12.3. The van der Waals surface area contributed by atoms with E-state index in [9.17, 15) is 9.59 Å². The van der Waals surface area contributed by atoms with E-state index in [0.717, 1.165) is 6.42 Å². The standard InChI is InChI=1S/C12H18Cl2O4/c1-4-7-8-11(12(8,13)14,9(15)17-5-2)10(16)18-6-3/h8H,4-7H2,1-3H3. The van der Waals surface area contributed by atoms with Crippen LogP contribution in [0.4, 0.5) is 0 Å². The summed E-state index contributed by atoms with van der Waals surface area (Å²) in [4.78, 5) is 24.1. The molecule has 4 nitrogen and oxygen atoms in total. The van der Waals surface area contributed by atoms with Crippen LogP contribution in [0.15, 0.2) is 0 Å². The van der Waals surface area contributed by atoms with Gasteiger partial charge in [0.15, 0.2) is 0 Å². The van der Waals surface area contributed by atoms with Crippen LogP contribution in [0.3, 0.4) is 0 Å². The van der Waals surface area contributed by atoms with Crippen LogP contribution in [0.1, 0.15) is 33.6 Å². The van der Waals surface area contributed by atoms with E-state index in [1.807, 2.05) is 6.92 Å². The van der Waals surface area contributed by atoms with Crippen LogP contribution in [-0.2, 0) is 19.1 Å². The van der Waals surface area contributed by atoms with Crippen LogP contribution >= 0.6 is 23.2 Å². The van der Waals surface area contributed by atoms with Gasteiger partial charge in [-0.15, -0.1) is 0 Å². The average molecular weight is 297 g/mol. The van der Waals surface area contributed by atoms with Gasteiger partial charge in [-0.2, -0.15) is 0 Å². The Hall–Kier alpha value is -0.480. The van der Waals surface area contributed by atoms with Gasteiger partial charge in [-0.05, 0) is 20.3 Å². The van der Waals surface area contributed by atoms with E-state index in [4.69, 9.17) is 32.7 Å². The van der Waals surface area contributed by atoms with E-state index < -0.39 is 27.6 Å². The lowest BCUT2D eigenvalue weighted by atomic mass is 10.0. The summed E-state index contributed by atoms with van der Waals surface area (Å²) in [6.07, 6.45) is 1.34. The fraction of sp³-hybridized carbons (Fsp3) is 0.833. The van der Waals surface area contributed by atoms with Crippen molar-refractivity contribution in [2.75, 3.05) is 13.2 Å². The van der Waals surface area contributed by atoms with Crippen molar-refractivity contribution in [2.45, 2.75) is 37.9 Å². The first-order chi connectivity index (χ1) is 8.41. The number of alkyl halides is 2. The Labute approximate surface area is 117 Å². The Morgan fingerprint density at radius 3 is 1.83 bits per heavy atom. The summed E-state index contributed by atoms with van der Waals surface area (Å²) in [7, 11) is 0. The second kappa shape index (κ2) is 5.66. The van der Waals surface area contributed by atoms with Crippen LogP contribution in [0.25, 0.3) is 0 Å². The Balaban J connectivity index is 3.05. The molecule has 6 heteroatoms. The van der Waals surface area contributed by atoms with E-state index in [-0.39, 0.29) is 13.2 Å². The normalized spacial score (nSPS) is 23.3. The minimum absolute atomic E-state index is 0.169. The van der Waals surface area contributed by atoms with Crippen LogP contribution in [-0.4, -0.2) is 29.5 Å². The molecular weight excluding hydrogens is 279 g/mol. The summed E-state index contributed by atoms with van der Waals surface area (Å²) >= 11 is 12.3. The SMILES string of the molecule is CCCC1C(Cl)(Cl)C1(C(=O)OCC)C(=O)OCC. The van der Waals surface area contributed by atoms with Gasteiger partial charge in [0.2, 0.25) is 5.41 Å². The lowest BCUT2D eigenvalue weighted by molar-refractivity contribution is -0.165. The van der Waals surface area contributed by atoms with Crippen molar-refractivity contribution in [3.05, 3.63) is 0 Å². The molecule has 1 fully saturated rings. The zero-order valence-electron chi connectivity index (χ0n) is 10.8. The Morgan fingerprint density at radius 1 is 1.06 bits per heavy atom. The van der Waals surface area contributed by atoms with E-state index >= 15 is 0 Å². The summed E-state index contributed by atoms with van der Waals surface area (Å²) in [5.74, 6) is -1.82. The van der Waals surface area contributed by atoms with E-state index in [1.165, 1.54) is 0 Å². The summed E-state index contributed by atoms with van der Waals surface area (Å²) in [6.45, 7) is 5.60. The van der Waals surface area contributed by atoms with Gasteiger partial charge in [-0.25, -0.2) is 0 Å². The van der Waals surface area contributed by atoms with Crippen LogP contribution < -0.4 is 0 Å². The third-order valence-corrected chi connectivity index (χ3v) is 4.30. The van der Waals surface area contributed by atoms with Crippen molar-refractivity contribution in [1.82, 2.24) is 0 Å². The van der Waals surface area contributed by atoms with E-state index in [1.54, 1.807) is 13.8 Å². The molecule has 1 aliphatic rings. The highest BCUT2D eigenvalue weighted by Gasteiger charge is 2.85. The topological polar surface area (TPSA) is 52.6 Å². The first-order valence-corrected chi connectivity index (χ1v) is 6.88. The maximum Gasteiger partial charge on any atom is 0.327 e. The first kappa shape index (κ1) is 15.6. The first-order valence-electron chi connectivity index (χ1n) is 6.13. The number of rotatable bonds is 6. The van der Waals surface area contributed by atoms with Gasteiger partial charge in [0.25, 0.3) is 0 Å². The molecule has 18 heavy (non-hydrogen) atoms. The number of carbonyl (C=O) groups is 2. The van der Waals surface area contributed by atoms with Crippen molar-refractivity contribution < 1.29 is 19.1 Å². The van der Waals surface area contributed by atoms with E-state index in [0.29, 0.717) is 6.42 Å². The van der Waals surface area contributed by atoms with Crippen molar-refractivity contribution in [2.24, 2.45) is 11.3 Å². The molecule has 1 atom stereocenters. The highest BCUT2D eigenvalue weighted by atomic mass is 35.5. The summed E-state index contributed by atoms with van der Waals surface area (Å²) in [5, 5.41) is 0. The second-order valence-corrected chi connectivity index (χ2v) is 5.60. The summed E-state index contributed by atoms with van der Waals surface area (Å²) in [6, 6.07) is 0. The molecule has 104 valence electrons. The van der Waals surface area contributed by atoms with Gasteiger partial charge in [-0.1, -0.05) is 36.5 Å². The summed E-state index contributed by atoms with van der Waals surface area (Å²) < 4.78 is 8.45. The highest BCUT2D eigenvalue weighted by molar-refractivity contribution is 6.55. The molecule has 0 aromatic carbocycles. The zero-order chi connectivity index (χ0) is 14.0. The molecule has 0 aliphatic heterocycles. The lowest BCUT2D eigenvalue weighted by Crippen LogP contribution is -2.35. The molecular formula is C12H18Cl2O4. The Kier molecular flexibility index (Phi) is 4.90. The van der Waals surface area contributed by atoms with Crippen molar-refractivity contribution in [3.63, 3.8) is 0 Å². The van der Waals surface area contributed by atoms with Crippen molar-refractivity contribution in [1.29, 1.82) is 0 Å². The fourth-order valence-electron chi connectivity index (χ4n) is 2.29. The minimum Gasteiger partial charge on any atom is -0.465 e. The fourth-order valence-corrected chi connectivity index (χ4v) is 3.30.